The minimum Gasteiger partial charge on any atom is -0.493 e. The van der Waals surface area contributed by atoms with Gasteiger partial charge in [-0.3, -0.25) is 4.18 Å². The molecule has 1 fully saturated rings. The van der Waals surface area contributed by atoms with Crippen LogP contribution in [0.15, 0.2) is 47.6 Å². The summed E-state index contributed by atoms with van der Waals surface area (Å²) < 4.78 is 49.6. The van der Waals surface area contributed by atoms with Crippen LogP contribution in [0, 0.1) is 18.8 Å². The fourth-order valence-electron chi connectivity index (χ4n) is 5.17. The Hall–Kier alpha value is -2.73. The highest BCUT2D eigenvalue weighted by Crippen LogP contribution is 2.42. The maximum Gasteiger partial charge on any atom is 0.296 e. The Kier molecular flexibility index (Phi) is 9.56. The molecule has 0 bridgehead atoms. The average Bonchev–Trinajstić information content (AvgIpc) is 2.94. The van der Waals surface area contributed by atoms with E-state index in [4.69, 9.17) is 18.1 Å². The lowest BCUT2D eigenvalue weighted by Crippen LogP contribution is -2.54. The van der Waals surface area contributed by atoms with Gasteiger partial charge < -0.3 is 18.8 Å². The van der Waals surface area contributed by atoms with Gasteiger partial charge >= 0.3 is 0 Å². The molecule has 0 spiro atoms. The van der Waals surface area contributed by atoms with Crippen LogP contribution in [0.3, 0.4) is 0 Å². The zero-order valence-electron chi connectivity index (χ0n) is 26.3. The highest BCUT2D eigenvalue weighted by molar-refractivity contribution is 7.86. The highest BCUT2D eigenvalue weighted by atomic mass is 32.2. The molecule has 0 saturated carbocycles. The number of nitrogens with zero attached hydrogens (tertiary/aromatic N) is 3. The number of aromatic nitrogens is 2. The van der Waals surface area contributed by atoms with Gasteiger partial charge in [0.25, 0.3) is 10.1 Å². The normalized spacial score (nSPS) is 19.1. The second-order valence-corrected chi connectivity index (χ2v) is 19.1. The first-order valence-corrected chi connectivity index (χ1v) is 18.7. The largest absolute Gasteiger partial charge is 0.493 e. The molecule has 0 radical (unpaired) electrons. The van der Waals surface area contributed by atoms with E-state index in [9.17, 15) is 8.42 Å². The molecule has 0 amide bonds. The molecule has 1 aliphatic heterocycles. The quantitative estimate of drug-likeness (QED) is 0.195. The number of hydrogen-bond acceptors (Lipinski definition) is 9. The molecule has 2 heterocycles. The van der Waals surface area contributed by atoms with Gasteiger partial charge in [0.05, 0.1) is 37.3 Å². The first-order chi connectivity index (χ1) is 19.7. The molecule has 0 aliphatic carbocycles. The number of anilines is 1. The van der Waals surface area contributed by atoms with E-state index >= 15 is 0 Å². The van der Waals surface area contributed by atoms with E-state index in [-0.39, 0.29) is 34.5 Å². The summed E-state index contributed by atoms with van der Waals surface area (Å²) in [6.07, 6.45) is 2.24. The summed E-state index contributed by atoms with van der Waals surface area (Å²) >= 11 is 0. The molecule has 0 N–H and O–H groups in total. The van der Waals surface area contributed by atoms with E-state index < -0.39 is 18.4 Å². The monoisotopic (exact) mass is 615 g/mol. The molecule has 4 rings (SSSR count). The number of piperidine rings is 1. The Labute approximate surface area is 251 Å². The summed E-state index contributed by atoms with van der Waals surface area (Å²) in [6.45, 7) is 16.6. The molecular formula is C31H45N3O6SSi. The second-order valence-electron chi connectivity index (χ2n) is 12.8. The minimum atomic E-state index is -3.86. The third-order valence-electron chi connectivity index (χ3n) is 8.81. The Balaban J connectivity index is 1.61. The predicted octanol–water partition coefficient (Wildman–Crippen LogP) is 6.21. The number of aryl methyl sites for hydroxylation is 1. The zero-order valence-corrected chi connectivity index (χ0v) is 28.1. The van der Waals surface area contributed by atoms with Gasteiger partial charge in [0.15, 0.2) is 19.8 Å². The number of rotatable bonds is 10. The van der Waals surface area contributed by atoms with E-state index in [1.165, 1.54) is 0 Å². The Morgan fingerprint density at radius 2 is 1.69 bits per heavy atom. The van der Waals surface area contributed by atoms with E-state index in [1.54, 1.807) is 44.8 Å². The first-order valence-electron chi connectivity index (χ1n) is 14.4. The maximum atomic E-state index is 12.9. The van der Waals surface area contributed by atoms with Crippen molar-refractivity contribution in [2.75, 3.05) is 38.8 Å². The number of benzene rings is 2. The molecule has 1 saturated heterocycles. The number of hydrogen-bond donors (Lipinski definition) is 0. The molecule has 1 unspecified atom stereocenters. The Bertz CT molecular complexity index is 1490. The second kappa shape index (κ2) is 12.5. The molecule has 1 aromatic heterocycles. The van der Waals surface area contributed by atoms with Gasteiger partial charge in [0.2, 0.25) is 0 Å². The number of fused-ring (bicyclic) bond motifs is 1. The fraction of sp³-hybridized carbons (Fsp3) is 0.548. The molecule has 3 atom stereocenters. The van der Waals surface area contributed by atoms with E-state index in [1.807, 2.05) is 19.1 Å². The number of ether oxygens (including phenoxy) is 2. The highest BCUT2D eigenvalue weighted by Gasteiger charge is 2.44. The molecule has 230 valence electrons. The van der Waals surface area contributed by atoms with Crippen molar-refractivity contribution in [3.8, 4) is 11.5 Å². The van der Waals surface area contributed by atoms with Crippen molar-refractivity contribution in [1.29, 1.82) is 0 Å². The van der Waals surface area contributed by atoms with E-state index in [0.29, 0.717) is 18.0 Å². The molecule has 42 heavy (non-hydrogen) atoms. The Morgan fingerprint density at radius 1 is 1.05 bits per heavy atom. The van der Waals surface area contributed by atoms with Gasteiger partial charge in [-0.1, -0.05) is 45.4 Å². The van der Waals surface area contributed by atoms with Gasteiger partial charge in [-0.15, -0.1) is 0 Å². The van der Waals surface area contributed by atoms with Crippen LogP contribution in [0.1, 0.15) is 39.7 Å². The standard InChI is InChI=1S/C31H45N3O6SSi/c1-21-10-12-23(13-11-21)41(35,36)39-19-22(2)24-14-15-34(18-29(24)40-42(8,9)31(3,4)5)30-25-16-27(37-6)28(38-7)17-26(25)32-20-33-30/h10-13,16-17,20,22,24,29H,14-15,18-19H2,1-9H3/t22?,24-,29+/m1/s1. The lowest BCUT2D eigenvalue weighted by molar-refractivity contribution is 0.0549. The van der Waals surface area contributed by atoms with E-state index in [0.717, 1.165) is 35.2 Å². The van der Waals surface area contributed by atoms with Gasteiger partial charge in [0, 0.05) is 24.5 Å². The van der Waals surface area contributed by atoms with Crippen molar-refractivity contribution in [3.63, 3.8) is 0 Å². The molecule has 11 heteroatoms. The van der Waals surface area contributed by atoms with Crippen molar-refractivity contribution in [3.05, 3.63) is 48.3 Å². The van der Waals surface area contributed by atoms with Crippen molar-refractivity contribution in [2.24, 2.45) is 11.8 Å². The van der Waals surface area contributed by atoms with Crippen molar-refractivity contribution in [2.45, 2.75) is 70.2 Å². The fourth-order valence-corrected chi connectivity index (χ4v) is 7.53. The predicted molar refractivity (Wildman–Crippen MR) is 169 cm³/mol. The van der Waals surface area contributed by atoms with Crippen LogP contribution in [0.25, 0.3) is 10.9 Å². The van der Waals surface area contributed by atoms with Crippen molar-refractivity contribution >= 4 is 35.2 Å². The smallest absolute Gasteiger partial charge is 0.296 e. The van der Waals surface area contributed by atoms with Crippen LogP contribution in [-0.2, 0) is 18.7 Å². The molecule has 3 aromatic rings. The third kappa shape index (κ3) is 6.90. The molecule has 2 aromatic carbocycles. The van der Waals surface area contributed by atoms with Crippen LogP contribution in [0.4, 0.5) is 5.82 Å². The Morgan fingerprint density at radius 3 is 2.31 bits per heavy atom. The molecule has 1 aliphatic rings. The molecule has 9 nitrogen and oxygen atoms in total. The van der Waals surface area contributed by atoms with Crippen molar-refractivity contribution in [1.82, 2.24) is 9.97 Å². The first kappa shape index (κ1) is 32.2. The topological polar surface area (TPSA) is 100 Å². The van der Waals surface area contributed by atoms with Crippen LogP contribution in [0.5, 0.6) is 11.5 Å². The average molecular weight is 616 g/mol. The summed E-state index contributed by atoms with van der Waals surface area (Å²) in [5.74, 6) is 2.10. The minimum absolute atomic E-state index is 0.0138. The van der Waals surface area contributed by atoms with Crippen LogP contribution in [0.2, 0.25) is 18.1 Å². The van der Waals surface area contributed by atoms with Crippen LogP contribution in [-0.4, -0.2) is 66.7 Å². The van der Waals surface area contributed by atoms with Crippen LogP contribution < -0.4 is 14.4 Å². The lowest BCUT2D eigenvalue weighted by Gasteiger charge is -2.47. The third-order valence-corrected chi connectivity index (χ3v) is 14.6. The summed E-state index contributed by atoms with van der Waals surface area (Å²) in [4.78, 5) is 11.6. The zero-order chi connectivity index (χ0) is 30.9. The van der Waals surface area contributed by atoms with Gasteiger partial charge in [-0.2, -0.15) is 8.42 Å². The summed E-state index contributed by atoms with van der Waals surface area (Å²) in [6, 6.07) is 10.5. The van der Waals surface area contributed by atoms with Gasteiger partial charge in [0.1, 0.15) is 12.1 Å². The molecular weight excluding hydrogens is 571 g/mol. The summed E-state index contributed by atoms with van der Waals surface area (Å²) in [5.41, 5.74) is 1.76. The van der Waals surface area contributed by atoms with Gasteiger partial charge in [-0.05, 0) is 61.5 Å². The maximum absolute atomic E-state index is 12.9. The van der Waals surface area contributed by atoms with Crippen LogP contribution >= 0.6 is 0 Å². The summed E-state index contributed by atoms with van der Waals surface area (Å²) in [7, 11) is -2.80. The number of methoxy groups -OCH3 is 2. The summed E-state index contributed by atoms with van der Waals surface area (Å²) in [5, 5.41) is 0.889. The van der Waals surface area contributed by atoms with Crippen molar-refractivity contribution < 1.29 is 26.5 Å². The van der Waals surface area contributed by atoms with E-state index in [2.05, 4.69) is 55.7 Å². The lowest BCUT2D eigenvalue weighted by atomic mass is 9.83. The van der Waals surface area contributed by atoms with Gasteiger partial charge in [-0.25, -0.2) is 9.97 Å². The SMILES string of the molecule is COc1cc2ncnc(N3CC[C@H](C(C)COS(=O)(=O)c4ccc(C)cc4)[C@@H](O[Si](C)(C)C(C)(C)C)C3)c2cc1OC.